The van der Waals surface area contributed by atoms with Crippen molar-refractivity contribution in [1.82, 2.24) is 9.97 Å². The lowest BCUT2D eigenvalue weighted by Crippen LogP contribution is -2.57. The number of aromatic nitrogens is 2. The number of rotatable bonds is 26. The van der Waals surface area contributed by atoms with Crippen molar-refractivity contribution >= 4 is 39.2 Å². The predicted molar refractivity (Wildman–Crippen MR) is 270 cm³/mol. The normalized spacial score (nSPS) is 16.5. The molecule has 2 heterocycles. The van der Waals surface area contributed by atoms with Gasteiger partial charge >= 0.3 is 5.97 Å². The predicted octanol–water partition coefficient (Wildman–Crippen LogP) is 15.9. The largest absolute Gasteiger partial charge is 0.445 e. The molecule has 0 radical (unpaired) electrons. The topological polar surface area (TPSA) is 115 Å². The van der Waals surface area contributed by atoms with Crippen molar-refractivity contribution < 1.29 is 36.1 Å². The van der Waals surface area contributed by atoms with Crippen LogP contribution in [0, 0.1) is 0 Å². The highest BCUT2D eigenvalue weighted by molar-refractivity contribution is 6.75. The summed E-state index contributed by atoms with van der Waals surface area (Å²) in [6.45, 7) is 50.1. The summed E-state index contributed by atoms with van der Waals surface area (Å²) in [4.78, 5) is 22.7. The number of esters is 1. The first-order chi connectivity index (χ1) is 28.6. The Morgan fingerprint density at radius 3 is 1.57 bits per heavy atom. The van der Waals surface area contributed by atoms with E-state index in [1.165, 1.54) is 44.9 Å². The Balaban J connectivity index is 2.70. The molecule has 0 amide bonds. The van der Waals surface area contributed by atoms with Crippen LogP contribution in [0.4, 0.5) is 0 Å². The number of ether oxygens (including phenoxy) is 1. The van der Waals surface area contributed by atoms with Gasteiger partial charge in [0.1, 0.15) is 12.0 Å². The van der Waals surface area contributed by atoms with Gasteiger partial charge in [-0.1, -0.05) is 141 Å². The van der Waals surface area contributed by atoms with Gasteiger partial charge in [0.2, 0.25) is 12.0 Å². The minimum Gasteiger partial charge on any atom is -0.445 e. The van der Waals surface area contributed by atoms with E-state index in [0.717, 1.165) is 19.3 Å². The first-order valence-electron chi connectivity index (χ1n) is 24.3. The van der Waals surface area contributed by atoms with Gasteiger partial charge in [-0.2, -0.15) is 0 Å². The van der Waals surface area contributed by atoms with Crippen LogP contribution in [0.15, 0.2) is 27.7 Å². The zero-order valence-electron chi connectivity index (χ0n) is 44.6. The third-order valence-electron chi connectivity index (χ3n) is 14.8. The van der Waals surface area contributed by atoms with Crippen LogP contribution in [0.25, 0.3) is 0 Å². The number of carbonyl (C=O) groups is 1. The van der Waals surface area contributed by atoms with Gasteiger partial charge in [0, 0.05) is 12.8 Å². The van der Waals surface area contributed by atoms with E-state index < -0.39 is 57.7 Å². The smallest absolute Gasteiger partial charge is 0.307 e. The number of nitrogens with zero attached hydrogens (tertiary/aromatic N) is 2. The Morgan fingerprint density at radius 1 is 0.635 bits per heavy atom. The second-order valence-corrected chi connectivity index (χ2v) is 43.4. The summed E-state index contributed by atoms with van der Waals surface area (Å²) in [5.41, 5.74) is 0.613. The third-order valence-corrected chi connectivity index (χ3v) is 32.9. The molecule has 0 spiro atoms. The van der Waals surface area contributed by atoms with E-state index in [2.05, 4.69) is 154 Å². The maximum absolute atomic E-state index is 13.4. The van der Waals surface area contributed by atoms with E-state index in [1.54, 1.807) is 12.5 Å². The average Bonchev–Trinajstić information content (AvgIpc) is 3.83. The first-order valence-corrected chi connectivity index (χ1v) is 35.9. The van der Waals surface area contributed by atoms with Crippen molar-refractivity contribution in [1.29, 1.82) is 0 Å². The quantitative estimate of drug-likeness (QED) is 0.0513. The molecule has 0 aromatic carbocycles. The summed E-state index contributed by atoms with van der Waals surface area (Å²) in [5, 5.41) is -0.227. The van der Waals surface area contributed by atoms with Gasteiger partial charge in [-0.05, 0) is 85.9 Å². The molecule has 0 N–H and O–H groups in total. The van der Waals surface area contributed by atoms with Gasteiger partial charge < -0.3 is 31.3 Å². The standard InChI is InChI=1S/C49H96N2O8Si4/c1-23-24-25-26-27-28-29-30-31-32-42(52)55-44(41-34-50-36-54-41)45-51-38(35-53-45)39(57-61(17,18)47(6,7)8)33-40(58-62(19,20)48(9,10)11)43(59-63(21,22)49(12,13)14)37(2)56-60(15,16)46(3,4)5/h34-37,39-40,43-44H,23-33H2,1-22H3. The van der Waals surface area contributed by atoms with Crippen molar-refractivity contribution in [3.05, 3.63) is 36.2 Å². The molecule has 0 saturated carbocycles. The van der Waals surface area contributed by atoms with Gasteiger partial charge in [-0.25, -0.2) is 9.97 Å². The number of oxazole rings is 2. The van der Waals surface area contributed by atoms with Crippen molar-refractivity contribution in [2.75, 3.05) is 0 Å². The summed E-state index contributed by atoms with van der Waals surface area (Å²) in [7, 11) is -9.50. The molecule has 0 aliphatic rings. The highest BCUT2D eigenvalue weighted by Gasteiger charge is 2.50. The molecule has 0 aliphatic carbocycles. The average molecular weight is 954 g/mol. The fourth-order valence-corrected chi connectivity index (χ4v) is 11.8. The number of unbranched alkanes of at least 4 members (excludes halogenated alkanes) is 8. The molecule has 14 heteroatoms. The molecule has 0 saturated heterocycles. The van der Waals surface area contributed by atoms with Crippen molar-refractivity contribution in [2.45, 2.75) is 271 Å². The molecule has 2 rings (SSSR count). The van der Waals surface area contributed by atoms with Crippen LogP contribution in [0.3, 0.4) is 0 Å². The molecular weight excluding hydrogens is 857 g/mol. The lowest BCUT2D eigenvalue weighted by Gasteiger charge is -2.49. The molecule has 5 unspecified atom stereocenters. The highest BCUT2D eigenvalue weighted by Crippen LogP contribution is 2.46. The van der Waals surface area contributed by atoms with Gasteiger partial charge in [0.15, 0.2) is 45.4 Å². The van der Waals surface area contributed by atoms with Crippen LogP contribution in [0.1, 0.15) is 197 Å². The number of hydrogen-bond donors (Lipinski definition) is 0. The second-order valence-electron chi connectivity index (χ2n) is 24.4. The van der Waals surface area contributed by atoms with Crippen LogP contribution in [-0.4, -0.2) is 67.5 Å². The highest BCUT2D eigenvalue weighted by atomic mass is 28.4. The summed E-state index contributed by atoms with van der Waals surface area (Å²) >= 11 is 0. The summed E-state index contributed by atoms with van der Waals surface area (Å²) in [5.74, 6) is 0.248. The van der Waals surface area contributed by atoms with Gasteiger partial charge in [0.05, 0.1) is 30.6 Å². The molecule has 2 aromatic rings. The maximum atomic E-state index is 13.4. The van der Waals surface area contributed by atoms with Gasteiger partial charge in [-0.15, -0.1) is 0 Å². The van der Waals surface area contributed by atoms with Crippen LogP contribution in [-0.2, 0) is 27.2 Å². The zero-order chi connectivity index (χ0) is 48.5. The molecule has 10 nitrogen and oxygen atoms in total. The van der Waals surface area contributed by atoms with E-state index >= 15 is 0 Å². The Hall–Kier alpha value is -1.40. The van der Waals surface area contributed by atoms with E-state index in [-0.39, 0.29) is 38.1 Å². The van der Waals surface area contributed by atoms with E-state index in [4.69, 9.17) is 36.3 Å². The zero-order valence-corrected chi connectivity index (χ0v) is 48.6. The van der Waals surface area contributed by atoms with Crippen LogP contribution in [0.2, 0.25) is 72.5 Å². The fraction of sp³-hybridized carbons (Fsp3) is 0.857. The lowest BCUT2D eigenvalue weighted by molar-refractivity contribution is -0.149. The molecule has 366 valence electrons. The van der Waals surface area contributed by atoms with Crippen molar-refractivity contribution in [2.24, 2.45) is 0 Å². The van der Waals surface area contributed by atoms with E-state index in [9.17, 15) is 4.79 Å². The molecule has 0 aliphatic heterocycles. The summed E-state index contributed by atoms with van der Waals surface area (Å²) in [6.07, 6.45) is 13.2. The minimum atomic E-state index is -2.44. The van der Waals surface area contributed by atoms with Crippen molar-refractivity contribution in [3.63, 3.8) is 0 Å². The van der Waals surface area contributed by atoms with E-state index in [1.807, 2.05) is 0 Å². The van der Waals surface area contributed by atoms with Gasteiger partial charge in [-0.3, -0.25) is 4.79 Å². The Morgan fingerprint density at radius 2 is 1.10 bits per heavy atom. The second kappa shape index (κ2) is 23.1. The molecular formula is C49H96N2O8Si4. The fourth-order valence-electron chi connectivity index (χ4n) is 6.40. The van der Waals surface area contributed by atoms with Crippen LogP contribution in [0.5, 0.6) is 0 Å². The Bertz CT molecular complexity index is 1630. The third kappa shape index (κ3) is 17.3. The van der Waals surface area contributed by atoms with E-state index in [0.29, 0.717) is 24.3 Å². The molecule has 63 heavy (non-hydrogen) atoms. The Labute approximate surface area is 390 Å². The Kier molecular flexibility index (Phi) is 21.1. The van der Waals surface area contributed by atoms with Gasteiger partial charge in [0.25, 0.3) is 0 Å². The molecule has 0 bridgehead atoms. The molecule has 5 atom stereocenters. The molecule has 2 aromatic heterocycles. The SMILES string of the molecule is CCCCCCCCCCCC(=O)OC(c1cnco1)c1nc(C(CC(O[Si](C)(C)C(C)(C)C)C(O[Si](C)(C)C(C)(C)C)C(C)O[Si](C)(C)C(C)(C)C)O[Si](C)(C)C(C)(C)C)co1. The first kappa shape index (κ1) is 57.7. The maximum Gasteiger partial charge on any atom is 0.307 e. The minimum absolute atomic E-state index is 0.000713. The lowest BCUT2D eigenvalue weighted by atomic mass is 10.0. The number of hydrogen-bond acceptors (Lipinski definition) is 10. The van der Waals surface area contributed by atoms with Crippen LogP contribution < -0.4 is 0 Å². The monoisotopic (exact) mass is 953 g/mol. The summed E-state index contributed by atoms with van der Waals surface area (Å²) < 4.78 is 48.0. The summed E-state index contributed by atoms with van der Waals surface area (Å²) in [6, 6.07) is 0. The number of carbonyl (C=O) groups excluding carboxylic acids is 1. The van der Waals surface area contributed by atoms with Crippen LogP contribution >= 0.6 is 0 Å². The van der Waals surface area contributed by atoms with Crippen molar-refractivity contribution in [3.8, 4) is 0 Å². The molecule has 0 fully saturated rings.